The first-order valence-corrected chi connectivity index (χ1v) is 7.71. The molecule has 134 valence electrons. The molecule has 0 aliphatic rings. The van der Waals surface area contributed by atoms with Crippen molar-refractivity contribution in [1.29, 1.82) is 0 Å². The highest BCUT2D eigenvalue weighted by Crippen LogP contribution is 2.10. The molecule has 26 heavy (non-hydrogen) atoms. The molecule has 0 fully saturated rings. The minimum atomic E-state index is -0.833. The molecule has 0 saturated carbocycles. The van der Waals surface area contributed by atoms with Crippen LogP contribution in [0.15, 0.2) is 33.9 Å². The molecule has 0 aliphatic heterocycles. The lowest BCUT2D eigenvalue weighted by Gasteiger charge is -2.09. The Morgan fingerprint density at radius 1 is 1.23 bits per heavy atom. The smallest absolute Gasteiger partial charge is 0.288 e. The third-order valence-corrected chi connectivity index (χ3v) is 3.73. The van der Waals surface area contributed by atoms with Gasteiger partial charge in [0.25, 0.3) is 11.5 Å². The molecular weight excluding hydrogens is 364 g/mol. The Morgan fingerprint density at radius 3 is 2.65 bits per heavy atom. The number of hydrogen-bond acceptors (Lipinski definition) is 7. The highest BCUT2D eigenvalue weighted by Gasteiger charge is 2.20. The largest absolute Gasteiger partial charge is 0.347 e. The Balaban J connectivity index is 2.01. The minimum absolute atomic E-state index is 0.0337. The van der Waals surface area contributed by atoms with Gasteiger partial charge in [0.2, 0.25) is 11.6 Å². The second-order valence-electron chi connectivity index (χ2n) is 5.36. The van der Waals surface area contributed by atoms with Gasteiger partial charge in [0.1, 0.15) is 0 Å². The van der Waals surface area contributed by atoms with Crippen LogP contribution in [0.3, 0.4) is 0 Å². The number of aryl methyl sites for hydroxylation is 2. The zero-order valence-electron chi connectivity index (χ0n) is 13.7. The number of halogens is 1. The first kappa shape index (κ1) is 17.5. The number of hydrogen-bond donors (Lipinski definition) is 1. The van der Waals surface area contributed by atoms with Crippen LogP contribution in [0.2, 0.25) is 5.02 Å². The monoisotopic (exact) mass is 376 g/mol. The first-order chi connectivity index (χ1) is 12.4. The number of rotatable bonds is 4. The minimum Gasteiger partial charge on any atom is -0.288 e. The van der Waals surface area contributed by atoms with Gasteiger partial charge in [-0.1, -0.05) is 28.8 Å². The van der Waals surface area contributed by atoms with Crippen molar-refractivity contribution < 1.29 is 4.79 Å². The lowest BCUT2D eigenvalue weighted by atomic mass is 10.2. The number of carbonyl (C=O) groups is 1. The molecule has 0 atom stereocenters. The standard InChI is InChI=1S/C14H13ClN8O3/c1-21-13(17-19-20-21)16-11(24)10-12(25)23(14(26)22(2)18-10)7-8-4-3-5-9(15)6-8/h3-6H,7H2,1-2H3,(H,16,17,20,24). The fraction of sp³-hybridized carbons (Fsp3) is 0.214. The normalized spacial score (nSPS) is 10.7. The predicted octanol–water partition coefficient (Wildman–Crippen LogP) is -0.581. The van der Waals surface area contributed by atoms with Crippen molar-refractivity contribution in [2.75, 3.05) is 5.32 Å². The van der Waals surface area contributed by atoms with Crippen molar-refractivity contribution in [1.82, 2.24) is 34.6 Å². The van der Waals surface area contributed by atoms with Gasteiger partial charge in [-0.15, -0.1) is 0 Å². The van der Waals surface area contributed by atoms with Gasteiger partial charge < -0.3 is 0 Å². The molecule has 0 bridgehead atoms. The summed E-state index contributed by atoms with van der Waals surface area (Å²) >= 11 is 5.93. The number of anilines is 1. The maximum atomic E-state index is 12.6. The number of nitrogens with zero attached hydrogens (tertiary/aromatic N) is 7. The zero-order valence-corrected chi connectivity index (χ0v) is 14.5. The topological polar surface area (TPSA) is 130 Å². The number of tetrazole rings is 1. The Bertz CT molecular complexity index is 1100. The van der Waals surface area contributed by atoms with E-state index in [0.29, 0.717) is 10.6 Å². The number of benzene rings is 1. The van der Waals surface area contributed by atoms with Crippen LogP contribution in [0.1, 0.15) is 16.1 Å². The van der Waals surface area contributed by atoms with Crippen LogP contribution in [0.25, 0.3) is 0 Å². The van der Waals surface area contributed by atoms with E-state index >= 15 is 0 Å². The summed E-state index contributed by atoms with van der Waals surface area (Å²) in [4.78, 5) is 37.3. The van der Waals surface area contributed by atoms with Crippen LogP contribution in [-0.4, -0.2) is 40.5 Å². The number of carbonyl (C=O) groups excluding carboxylic acids is 1. The molecular formula is C14H13ClN8O3. The molecule has 1 N–H and O–H groups in total. The molecule has 11 nitrogen and oxygen atoms in total. The zero-order chi connectivity index (χ0) is 18.8. The van der Waals surface area contributed by atoms with Gasteiger partial charge in [-0.2, -0.15) is 5.10 Å². The fourth-order valence-corrected chi connectivity index (χ4v) is 2.43. The van der Waals surface area contributed by atoms with Gasteiger partial charge in [-0.25, -0.2) is 14.2 Å². The van der Waals surface area contributed by atoms with Crippen LogP contribution in [0.4, 0.5) is 5.95 Å². The summed E-state index contributed by atoms with van der Waals surface area (Å²) in [5, 5.41) is 17.1. The van der Waals surface area contributed by atoms with Crippen LogP contribution in [-0.2, 0) is 20.6 Å². The first-order valence-electron chi connectivity index (χ1n) is 7.33. The molecule has 12 heteroatoms. The van der Waals surface area contributed by atoms with E-state index < -0.39 is 22.9 Å². The van der Waals surface area contributed by atoms with Crippen LogP contribution in [0, 0.1) is 0 Å². The summed E-state index contributed by atoms with van der Waals surface area (Å²) in [6.45, 7) is -0.0552. The van der Waals surface area contributed by atoms with Crippen molar-refractivity contribution in [3.63, 3.8) is 0 Å². The highest BCUT2D eigenvalue weighted by molar-refractivity contribution is 6.30. The van der Waals surface area contributed by atoms with Crippen molar-refractivity contribution in [2.45, 2.75) is 6.54 Å². The van der Waals surface area contributed by atoms with Gasteiger partial charge in [0, 0.05) is 19.1 Å². The van der Waals surface area contributed by atoms with Crippen LogP contribution in [0.5, 0.6) is 0 Å². The maximum Gasteiger partial charge on any atom is 0.347 e. The fourth-order valence-electron chi connectivity index (χ4n) is 2.22. The Hall–Kier alpha value is -3.34. The summed E-state index contributed by atoms with van der Waals surface area (Å²) in [5.41, 5.74) is -1.32. The van der Waals surface area contributed by atoms with E-state index in [-0.39, 0.29) is 12.5 Å². The van der Waals surface area contributed by atoms with E-state index in [1.807, 2.05) is 0 Å². The van der Waals surface area contributed by atoms with E-state index in [2.05, 4.69) is 25.9 Å². The van der Waals surface area contributed by atoms with Gasteiger partial charge in [-0.3, -0.25) is 19.5 Å². The van der Waals surface area contributed by atoms with Crippen molar-refractivity contribution in [3.05, 3.63) is 61.4 Å². The molecule has 0 saturated heterocycles. The average molecular weight is 377 g/mol. The second-order valence-corrected chi connectivity index (χ2v) is 5.79. The van der Waals surface area contributed by atoms with Crippen molar-refractivity contribution >= 4 is 23.5 Å². The Labute approximate surface area is 150 Å². The summed E-state index contributed by atoms with van der Waals surface area (Å²) in [5.74, 6) is -0.796. The van der Waals surface area contributed by atoms with Crippen molar-refractivity contribution in [2.24, 2.45) is 14.1 Å². The lowest BCUT2D eigenvalue weighted by molar-refractivity contribution is 0.101. The van der Waals surface area contributed by atoms with Crippen LogP contribution >= 0.6 is 11.6 Å². The summed E-state index contributed by atoms with van der Waals surface area (Å²) in [6.07, 6.45) is 0. The molecule has 0 aliphatic carbocycles. The lowest BCUT2D eigenvalue weighted by Crippen LogP contribution is -2.44. The molecule has 2 aromatic heterocycles. The molecule has 1 aromatic carbocycles. The predicted molar refractivity (Wildman–Crippen MR) is 91.0 cm³/mol. The van der Waals surface area contributed by atoms with Gasteiger partial charge in [0.15, 0.2) is 0 Å². The molecule has 3 aromatic rings. The molecule has 0 radical (unpaired) electrons. The molecule has 3 rings (SSSR count). The molecule has 1 amide bonds. The van der Waals surface area contributed by atoms with Crippen molar-refractivity contribution in [3.8, 4) is 0 Å². The third-order valence-electron chi connectivity index (χ3n) is 3.50. The second kappa shape index (κ2) is 6.88. The average Bonchev–Trinajstić information content (AvgIpc) is 3.00. The Morgan fingerprint density at radius 2 is 2.00 bits per heavy atom. The number of nitrogens with one attached hydrogen (secondary N) is 1. The maximum absolute atomic E-state index is 12.6. The van der Waals surface area contributed by atoms with Gasteiger partial charge in [0.05, 0.1) is 6.54 Å². The van der Waals surface area contributed by atoms with E-state index in [0.717, 1.165) is 9.25 Å². The van der Waals surface area contributed by atoms with Crippen LogP contribution < -0.4 is 16.6 Å². The van der Waals surface area contributed by atoms with E-state index in [1.165, 1.54) is 18.8 Å². The highest BCUT2D eigenvalue weighted by atomic mass is 35.5. The van der Waals surface area contributed by atoms with E-state index in [9.17, 15) is 14.4 Å². The van der Waals surface area contributed by atoms with Gasteiger partial charge in [-0.05, 0) is 28.1 Å². The molecule has 0 unspecified atom stereocenters. The SMILES string of the molecule is Cn1nnnc1NC(=O)c1nn(C)c(=O)n(Cc2cccc(Cl)c2)c1=O. The summed E-state index contributed by atoms with van der Waals surface area (Å²) in [7, 11) is 2.86. The number of amides is 1. The summed E-state index contributed by atoms with van der Waals surface area (Å²) < 4.78 is 3.03. The van der Waals surface area contributed by atoms with E-state index in [1.54, 1.807) is 24.3 Å². The third kappa shape index (κ3) is 3.37. The van der Waals surface area contributed by atoms with Gasteiger partial charge >= 0.3 is 5.69 Å². The summed E-state index contributed by atoms with van der Waals surface area (Å²) in [6, 6.07) is 6.71. The molecule has 2 heterocycles. The quantitative estimate of drug-likeness (QED) is 0.644. The number of aromatic nitrogens is 7. The Kier molecular flexibility index (Phi) is 4.63. The molecule has 0 spiro atoms. The van der Waals surface area contributed by atoms with E-state index in [4.69, 9.17) is 11.6 Å².